The van der Waals surface area contributed by atoms with E-state index in [0.29, 0.717) is 18.9 Å². The normalized spacial score (nSPS) is 24.8. The number of hydrogen-bond acceptors (Lipinski definition) is 3. The van der Waals surface area contributed by atoms with Gasteiger partial charge in [0.15, 0.2) is 0 Å². The van der Waals surface area contributed by atoms with E-state index in [1.807, 2.05) is 0 Å². The Labute approximate surface area is 91.0 Å². The molecule has 1 heterocycles. The Balaban J connectivity index is 2.11. The first-order chi connectivity index (χ1) is 7.25. The van der Waals surface area contributed by atoms with E-state index in [1.54, 1.807) is 0 Å². The smallest absolute Gasteiger partial charge is 0.224 e. The molecule has 0 radical (unpaired) electrons. The molecule has 0 saturated carbocycles. The van der Waals surface area contributed by atoms with Gasteiger partial charge in [0.05, 0.1) is 12.0 Å². The third kappa shape index (κ3) is 3.88. The molecule has 1 saturated heterocycles. The van der Waals surface area contributed by atoms with Crippen molar-refractivity contribution < 1.29 is 4.79 Å². The van der Waals surface area contributed by atoms with Crippen LogP contribution in [0.5, 0.6) is 0 Å². The van der Waals surface area contributed by atoms with Gasteiger partial charge in [0.1, 0.15) is 0 Å². The summed E-state index contributed by atoms with van der Waals surface area (Å²) in [7, 11) is 0. The van der Waals surface area contributed by atoms with Gasteiger partial charge in [-0.25, -0.2) is 0 Å². The molecule has 0 aromatic carbocycles. The van der Waals surface area contributed by atoms with Crippen LogP contribution in [0.25, 0.3) is 0 Å². The summed E-state index contributed by atoms with van der Waals surface area (Å²) in [5, 5.41) is 14.5. The second-order valence-electron chi connectivity index (χ2n) is 4.15. The zero-order valence-corrected chi connectivity index (χ0v) is 9.25. The Morgan fingerprint density at radius 1 is 1.53 bits per heavy atom. The highest BCUT2D eigenvalue weighted by Gasteiger charge is 2.28. The van der Waals surface area contributed by atoms with E-state index in [-0.39, 0.29) is 11.8 Å². The Hall–Kier alpha value is -1.08. The molecule has 1 fully saturated rings. The standard InChI is InChI=1S/C11H19N3O/c1-9-7-13-8-10(9)11(15)14-6-4-2-3-5-12/h9-10,13H,2-4,6-8H2,1H3,(H,14,15). The van der Waals surface area contributed by atoms with Gasteiger partial charge in [-0.15, -0.1) is 0 Å². The molecule has 4 nitrogen and oxygen atoms in total. The Bertz CT molecular complexity index is 247. The maximum Gasteiger partial charge on any atom is 0.224 e. The predicted octanol–water partition coefficient (Wildman–Crippen LogP) is 0.652. The molecule has 84 valence electrons. The lowest BCUT2D eigenvalue weighted by atomic mass is 9.97. The minimum Gasteiger partial charge on any atom is -0.356 e. The lowest BCUT2D eigenvalue weighted by Gasteiger charge is -2.13. The highest BCUT2D eigenvalue weighted by atomic mass is 16.1. The first-order valence-electron chi connectivity index (χ1n) is 5.61. The van der Waals surface area contributed by atoms with Crippen LogP contribution in [0.2, 0.25) is 0 Å². The summed E-state index contributed by atoms with van der Waals surface area (Å²) in [6, 6.07) is 2.10. The number of hydrogen-bond donors (Lipinski definition) is 2. The molecule has 2 N–H and O–H groups in total. The van der Waals surface area contributed by atoms with Crippen molar-refractivity contribution in [2.45, 2.75) is 26.2 Å². The lowest BCUT2D eigenvalue weighted by molar-refractivity contribution is -0.125. The fourth-order valence-electron chi connectivity index (χ4n) is 1.83. The molecule has 1 aliphatic rings. The zero-order valence-electron chi connectivity index (χ0n) is 9.25. The van der Waals surface area contributed by atoms with E-state index in [1.165, 1.54) is 0 Å². The van der Waals surface area contributed by atoms with E-state index in [9.17, 15) is 4.79 Å². The molecule has 2 atom stereocenters. The summed E-state index contributed by atoms with van der Waals surface area (Å²) < 4.78 is 0. The van der Waals surface area contributed by atoms with Gasteiger partial charge in [-0.05, 0) is 25.3 Å². The summed E-state index contributed by atoms with van der Waals surface area (Å²) in [6.07, 6.45) is 2.35. The maximum absolute atomic E-state index is 11.7. The Morgan fingerprint density at radius 3 is 2.93 bits per heavy atom. The number of unbranched alkanes of at least 4 members (excludes halogenated alkanes) is 2. The molecular weight excluding hydrogens is 190 g/mol. The molecule has 0 bridgehead atoms. The van der Waals surface area contributed by atoms with Gasteiger partial charge in [0.25, 0.3) is 0 Å². The molecule has 0 aromatic rings. The monoisotopic (exact) mass is 209 g/mol. The largest absolute Gasteiger partial charge is 0.356 e. The first kappa shape index (κ1) is 12.0. The van der Waals surface area contributed by atoms with Gasteiger partial charge >= 0.3 is 0 Å². The van der Waals surface area contributed by atoms with Gasteiger partial charge in [-0.3, -0.25) is 4.79 Å². The van der Waals surface area contributed by atoms with Gasteiger partial charge < -0.3 is 10.6 Å². The van der Waals surface area contributed by atoms with Gasteiger partial charge in [-0.2, -0.15) is 5.26 Å². The summed E-state index contributed by atoms with van der Waals surface area (Å²) in [4.78, 5) is 11.7. The molecule has 1 amide bonds. The average molecular weight is 209 g/mol. The van der Waals surface area contributed by atoms with Crippen LogP contribution in [0.1, 0.15) is 26.2 Å². The van der Waals surface area contributed by atoms with E-state index in [0.717, 1.165) is 25.9 Å². The highest BCUT2D eigenvalue weighted by molar-refractivity contribution is 5.79. The second-order valence-corrected chi connectivity index (χ2v) is 4.15. The number of amides is 1. The minimum atomic E-state index is 0.126. The molecule has 0 spiro atoms. The van der Waals surface area contributed by atoms with Gasteiger partial charge in [0.2, 0.25) is 5.91 Å². The van der Waals surface area contributed by atoms with Crippen molar-refractivity contribution in [1.29, 1.82) is 5.26 Å². The number of rotatable bonds is 5. The van der Waals surface area contributed by atoms with Crippen LogP contribution in [0, 0.1) is 23.2 Å². The van der Waals surface area contributed by atoms with E-state index in [4.69, 9.17) is 5.26 Å². The van der Waals surface area contributed by atoms with E-state index >= 15 is 0 Å². The second kappa shape index (κ2) is 6.41. The average Bonchev–Trinajstić information content (AvgIpc) is 2.64. The highest BCUT2D eigenvalue weighted by Crippen LogP contribution is 2.15. The predicted molar refractivity (Wildman–Crippen MR) is 58.0 cm³/mol. The third-order valence-electron chi connectivity index (χ3n) is 2.87. The van der Waals surface area contributed by atoms with Crippen LogP contribution < -0.4 is 10.6 Å². The molecule has 0 aromatic heterocycles. The summed E-state index contributed by atoms with van der Waals surface area (Å²) in [6.45, 7) is 4.53. The maximum atomic E-state index is 11.7. The van der Waals surface area contributed by atoms with Crippen molar-refractivity contribution >= 4 is 5.91 Å². The zero-order chi connectivity index (χ0) is 11.1. The summed E-state index contributed by atoms with van der Waals surface area (Å²) >= 11 is 0. The van der Waals surface area contributed by atoms with Crippen molar-refractivity contribution in [3.63, 3.8) is 0 Å². The van der Waals surface area contributed by atoms with Crippen LogP contribution in [0.4, 0.5) is 0 Å². The van der Waals surface area contributed by atoms with Crippen LogP contribution in [0.3, 0.4) is 0 Å². The Morgan fingerprint density at radius 2 is 2.33 bits per heavy atom. The van der Waals surface area contributed by atoms with Crippen molar-refractivity contribution in [3.05, 3.63) is 0 Å². The number of nitrogens with zero attached hydrogens (tertiary/aromatic N) is 1. The number of nitriles is 1. The summed E-state index contributed by atoms with van der Waals surface area (Å²) in [5.41, 5.74) is 0. The molecule has 4 heteroatoms. The molecule has 0 aliphatic carbocycles. The van der Waals surface area contributed by atoms with Crippen molar-refractivity contribution in [1.82, 2.24) is 10.6 Å². The quantitative estimate of drug-likeness (QED) is 0.653. The van der Waals surface area contributed by atoms with Crippen LogP contribution in [-0.4, -0.2) is 25.5 Å². The molecular formula is C11H19N3O. The topological polar surface area (TPSA) is 64.9 Å². The summed E-state index contributed by atoms with van der Waals surface area (Å²) in [5.74, 6) is 0.717. The molecule has 1 rings (SSSR count). The number of carbonyl (C=O) groups excluding carboxylic acids is 1. The number of carbonyl (C=O) groups is 1. The van der Waals surface area contributed by atoms with Crippen LogP contribution in [0.15, 0.2) is 0 Å². The lowest BCUT2D eigenvalue weighted by Crippen LogP contribution is -2.34. The van der Waals surface area contributed by atoms with Crippen LogP contribution in [-0.2, 0) is 4.79 Å². The Kier molecular flexibility index (Phi) is 5.13. The van der Waals surface area contributed by atoms with Crippen molar-refractivity contribution in [2.75, 3.05) is 19.6 Å². The minimum absolute atomic E-state index is 0.126. The fourth-order valence-corrected chi connectivity index (χ4v) is 1.83. The fraction of sp³-hybridized carbons (Fsp3) is 0.818. The van der Waals surface area contributed by atoms with Crippen molar-refractivity contribution in [3.8, 4) is 6.07 Å². The van der Waals surface area contributed by atoms with E-state index in [2.05, 4.69) is 23.6 Å². The van der Waals surface area contributed by atoms with Crippen molar-refractivity contribution in [2.24, 2.45) is 11.8 Å². The van der Waals surface area contributed by atoms with Gasteiger partial charge in [-0.1, -0.05) is 6.92 Å². The molecule has 2 unspecified atom stereocenters. The third-order valence-corrected chi connectivity index (χ3v) is 2.87. The first-order valence-corrected chi connectivity index (χ1v) is 5.61. The van der Waals surface area contributed by atoms with Gasteiger partial charge in [0, 0.05) is 19.5 Å². The van der Waals surface area contributed by atoms with Crippen LogP contribution >= 0.6 is 0 Å². The van der Waals surface area contributed by atoms with E-state index < -0.39 is 0 Å². The SMILES string of the molecule is CC1CNCC1C(=O)NCCCCC#N. The molecule has 1 aliphatic heterocycles. The number of nitrogens with one attached hydrogen (secondary N) is 2. The molecule has 15 heavy (non-hydrogen) atoms.